The van der Waals surface area contributed by atoms with Crippen LogP contribution >= 0.6 is 22.9 Å². The molecule has 0 spiro atoms. The lowest BCUT2D eigenvalue weighted by Gasteiger charge is -2.25. The van der Waals surface area contributed by atoms with Gasteiger partial charge < -0.3 is 4.90 Å². The number of halogens is 1. The van der Waals surface area contributed by atoms with Crippen LogP contribution in [0.3, 0.4) is 0 Å². The van der Waals surface area contributed by atoms with Crippen LogP contribution < -0.4 is 0 Å². The Bertz CT molecular complexity index is 284. The Hall–Kier alpha value is -0.540. The minimum Gasteiger partial charge on any atom is -0.334 e. The first-order valence-corrected chi connectivity index (χ1v) is 5.98. The molecule has 0 aliphatic carbocycles. The quantitative estimate of drug-likeness (QED) is 0.730. The van der Waals surface area contributed by atoms with Crippen LogP contribution in [0.1, 0.15) is 23.5 Å². The molecule has 0 saturated carbocycles. The van der Waals surface area contributed by atoms with Gasteiger partial charge in [-0.1, -0.05) is 6.07 Å². The lowest BCUT2D eigenvalue weighted by molar-refractivity contribution is 0.0723. The molecule has 0 aliphatic heterocycles. The summed E-state index contributed by atoms with van der Waals surface area (Å²) in [7, 11) is 0. The molecule has 0 saturated heterocycles. The Kier molecular flexibility index (Phi) is 4.42. The topological polar surface area (TPSA) is 20.3 Å². The molecule has 1 aromatic heterocycles. The second kappa shape index (κ2) is 5.37. The zero-order valence-corrected chi connectivity index (χ0v) is 9.94. The molecule has 1 amide bonds. The molecule has 1 rings (SSSR count). The van der Waals surface area contributed by atoms with Gasteiger partial charge in [-0.15, -0.1) is 22.9 Å². The molecule has 78 valence electrons. The van der Waals surface area contributed by atoms with E-state index in [1.54, 1.807) is 4.90 Å². The second-order valence-electron chi connectivity index (χ2n) is 3.26. The number of thiophene rings is 1. The summed E-state index contributed by atoms with van der Waals surface area (Å²) in [6.45, 7) is 4.60. The zero-order chi connectivity index (χ0) is 10.6. The predicted octanol–water partition coefficient (Wildman–Crippen LogP) is 2.84. The van der Waals surface area contributed by atoms with E-state index in [0.717, 1.165) is 4.88 Å². The molecule has 0 fully saturated rings. The molecular weight excluding hydrogens is 218 g/mol. The van der Waals surface area contributed by atoms with Crippen molar-refractivity contribution in [1.29, 1.82) is 0 Å². The normalized spacial score (nSPS) is 10.6. The number of carbonyl (C=O) groups is 1. The summed E-state index contributed by atoms with van der Waals surface area (Å²) in [5.41, 5.74) is 0. The molecule has 0 aromatic carbocycles. The summed E-state index contributed by atoms with van der Waals surface area (Å²) in [4.78, 5) is 14.5. The van der Waals surface area contributed by atoms with Gasteiger partial charge in [0.05, 0.1) is 4.88 Å². The van der Waals surface area contributed by atoms with Crippen molar-refractivity contribution < 1.29 is 4.79 Å². The number of rotatable bonds is 4. The minimum absolute atomic E-state index is 0.0793. The second-order valence-corrected chi connectivity index (χ2v) is 4.58. The van der Waals surface area contributed by atoms with Crippen LogP contribution in [0, 0.1) is 0 Å². The van der Waals surface area contributed by atoms with Gasteiger partial charge in [-0.2, -0.15) is 0 Å². The first-order valence-electron chi connectivity index (χ1n) is 4.57. The Morgan fingerprint density at radius 1 is 1.64 bits per heavy atom. The molecule has 0 atom stereocenters. The van der Waals surface area contributed by atoms with E-state index in [-0.39, 0.29) is 11.9 Å². The van der Waals surface area contributed by atoms with E-state index in [4.69, 9.17) is 11.6 Å². The summed E-state index contributed by atoms with van der Waals surface area (Å²) < 4.78 is 0. The summed E-state index contributed by atoms with van der Waals surface area (Å²) in [5.74, 6) is 0.561. The molecule has 0 radical (unpaired) electrons. The SMILES string of the molecule is CC(C)N(CCCl)C(=O)c1cccs1. The summed E-state index contributed by atoms with van der Waals surface area (Å²) in [5, 5.41) is 1.91. The third-order valence-corrected chi connectivity index (χ3v) is 2.97. The highest BCUT2D eigenvalue weighted by molar-refractivity contribution is 7.12. The molecule has 4 heteroatoms. The monoisotopic (exact) mass is 231 g/mol. The van der Waals surface area contributed by atoms with Gasteiger partial charge in [-0.25, -0.2) is 0 Å². The van der Waals surface area contributed by atoms with Crippen molar-refractivity contribution in [2.24, 2.45) is 0 Å². The van der Waals surface area contributed by atoms with Crippen molar-refractivity contribution in [3.8, 4) is 0 Å². The van der Waals surface area contributed by atoms with E-state index in [0.29, 0.717) is 12.4 Å². The smallest absolute Gasteiger partial charge is 0.264 e. The highest BCUT2D eigenvalue weighted by Gasteiger charge is 2.18. The van der Waals surface area contributed by atoms with Gasteiger partial charge in [0.1, 0.15) is 0 Å². The molecule has 1 aromatic rings. The standard InChI is InChI=1S/C10H14ClNOS/c1-8(2)12(6-5-11)10(13)9-4-3-7-14-9/h3-4,7-8H,5-6H2,1-2H3. The molecule has 1 heterocycles. The molecule has 0 unspecified atom stereocenters. The summed E-state index contributed by atoms with van der Waals surface area (Å²) in [6.07, 6.45) is 0. The van der Waals surface area contributed by atoms with Gasteiger partial charge in [-0.05, 0) is 25.3 Å². The van der Waals surface area contributed by atoms with E-state index in [1.807, 2.05) is 31.4 Å². The maximum Gasteiger partial charge on any atom is 0.264 e. The minimum atomic E-state index is 0.0793. The first kappa shape index (κ1) is 11.5. The number of hydrogen-bond acceptors (Lipinski definition) is 2. The predicted molar refractivity (Wildman–Crippen MR) is 61.2 cm³/mol. The van der Waals surface area contributed by atoms with Crippen molar-refractivity contribution in [2.75, 3.05) is 12.4 Å². The fourth-order valence-corrected chi connectivity index (χ4v) is 2.09. The fourth-order valence-electron chi connectivity index (χ4n) is 1.23. The number of hydrogen-bond donors (Lipinski definition) is 0. The summed E-state index contributed by atoms with van der Waals surface area (Å²) in [6, 6.07) is 3.93. The lowest BCUT2D eigenvalue weighted by atomic mass is 10.3. The average Bonchev–Trinajstić information content (AvgIpc) is 2.65. The Morgan fingerprint density at radius 2 is 2.36 bits per heavy atom. The van der Waals surface area contributed by atoms with Crippen LogP contribution in [0.2, 0.25) is 0 Å². The van der Waals surface area contributed by atoms with E-state index in [2.05, 4.69) is 0 Å². The molecule has 0 N–H and O–H groups in total. The molecule has 2 nitrogen and oxygen atoms in total. The van der Waals surface area contributed by atoms with Crippen molar-refractivity contribution in [3.05, 3.63) is 22.4 Å². The number of amides is 1. The maximum absolute atomic E-state index is 11.9. The van der Waals surface area contributed by atoms with Crippen LogP contribution in [0.25, 0.3) is 0 Å². The molecule has 0 bridgehead atoms. The van der Waals surface area contributed by atoms with Crippen LogP contribution in [-0.4, -0.2) is 29.3 Å². The Labute approximate surface area is 93.5 Å². The van der Waals surface area contributed by atoms with Crippen LogP contribution in [0.15, 0.2) is 17.5 Å². The van der Waals surface area contributed by atoms with Crippen molar-refractivity contribution in [2.45, 2.75) is 19.9 Å². The molecular formula is C10H14ClNOS. The largest absolute Gasteiger partial charge is 0.334 e. The van der Waals surface area contributed by atoms with Gasteiger partial charge in [0.2, 0.25) is 0 Å². The lowest BCUT2D eigenvalue weighted by Crippen LogP contribution is -2.37. The highest BCUT2D eigenvalue weighted by atomic mass is 35.5. The summed E-state index contributed by atoms with van der Waals surface area (Å²) >= 11 is 7.12. The third kappa shape index (κ3) is 2.72. The third-order valence-electron chi connectivity index (χ3n) is 1.94. The van der Waals surface area contributed by atoms with Crippen LogP contribution in [0.5, 0.6) is 0 Å². The van der Waals surface area contributed by atoms with Crippen LogP contribution in [-0.2, 0) is 0 Å². The number of alkyl halides is 1. The van der Waals surface area contributed by atoms with E-state index in [1.165, 1.54) is 11.3 Å². The molecule has 0 aliphatic rings. The number of nitrogens with zero attached hydrogens (tertiary/aromatic N) is 1. The van der Waals surface area contributed by atoms with Crippen molar-refractivity contribution >= 4 is 28.8 Å². The van der Waals surface area contributed by atoms with E-state index >= 15 is 0 Å². The average molecular weight is 232 g/mol. The van der Waals surface area contributed by atoms with E-state index < -0.39 is 0 Å². The van der Waals surface area contributed by atoms with Gasteiger partial charge >= 0.3 is 0 Å². The van der Waals surface area contributed by atoms with E-state index in [9.17, 15) is 4.79 Å². The Balaban J connectivity index is 2.74. The van der Waals surface area contributed by atoms with Gasteiger partial charge in [0, 0.05) is 18.5 Å². The van der Waals surface area contributed by atoms with Crippen LogP contribution in [0.4, 0.5) is 0 Å². The fraction of sp³-hybridized carbons (Fsp3) is 0.500. The molecule has 14 heavy (non-hydrogen) atoms. The first-order chi connectivity index (χ1) is 6.66. The number of carbonyl (C=O) groups excluding carboxylic acids is 1. The maximum atomic E-state index is 11.9. The Morgan fingerprint density at radius 3 is 2.79 bits per heavy atom. The van der Waals surface area contributed by atoms with Gasteiger partial charge in [0.25, 0.3) is 5.91 Å². The highest BCUT2D eigenvalue weighted by Crippen LogP contribution is 2.13. The zero-order valence-electron chi connectivity index (χ0n) is 8.37. The van der Waals surface area contributed by atoms with Crippen molar-refractivity contribution in [3.63, 3.8) is 0 Å². The van der Waals surface area contributed by atoms with Gasteiger partial charge in [-0.3, -0.25) is 4.79 Å². The van der Waals surface area contributed by atoms with Gasteiger partial charge in [0.15, 0.2) is 0 Å². The van der Waals surface area contributed by atoms with Crippen molar-refractivity contribution in [1.82, 2.24) is 4.90 Å².